The third-order valence-corrected chi connectivity index (χ3v) is 3.09. The van der Waals surface area contributed by atoms with Crippen molar-refractivity contribution in [1.29, 1.82) is 0 Å². The number of carbonyl (C=O) groups is 1. The number of nitrogens with two attached hydrogens (primary N) is 1. The van der Waals surface area contributed by atoms with Gasteiger partial charge in [0, 0.05) is 6.54 Å². The molecule has 0 radical (unpaired) electrons. The lowest BCUT2D eigenvalue weighted by molar-refractivity contribution is -0.122. The Morgan fingerprint density at radius 3 is 2.35 bits per heavy atom. The minimum atomic E-state index is -0.566. The molecule has 0 aliphatic heterocycles. The zero-order chi connectivity index (χ0) is 14.3. The van der Waals surface area contributed by atoms with Crippen LogP contribution in [0.1, 0.15) is 51.6 Å². The molecule has 114 valence electrons. The first kappa shape index (κ1) is 18.9. The molecule has 0 saturated carbocycles. The summed E-state index contributed by atoms with van der Waals surface area (Å²) in [4.78, 5) is 11.9. The number of hydrogen-bond acceptors (Lipinski definition) is 2. The molecule has 20 heavy (non-hydrogen) atoms. The highest BCUT2D eigenvalue weighted by Crippen LogP contribution is 2.21. The van der Waals surface area contributed by atoms with Crippen molar-refractivity contribution >= 4 is 18.3 Å². The molecule has 0 aromatic heterocycles. The molecule has 1 rings (SSSR count). The molecule has 0 aliphatic rings. The fraction of sp³-hybridized carbons (Fsp3) is 0.562. The lowest BCUT2D eigenvalue weighted by Gasteiger charge is -2.18. The quantitative estimate of drug-likeness (QED) is 0.791. The van der Waals surface area contributed by atoms with Crippen LogP contribution < -0.4 is 11.1 Å². The standard InChI is InChI=1S/C16H26N2O.ClH/c1-16(2,3)11-7-8-12-18-15(19)14(17)13-9-5-4-6-10-13;/h4-6,9-10,14H,7-8,11-12,17H2,1-3H3,(H,18,19);1H. The predicted octanol–water partition coefficient (Wildman–Crippen LogP) is 3.44. The molecule has 1 unspecified atom stereocenters. The van der Waals surface area contributed by atoms with E-state index in [0.29, 0.717) is 12.0 Å². The Hall–Kier alpha value is -1.06. The highest BCUT2D eigenvalue weighted by atomic mass is 35.5. The van der Waals surface area contributed by atoms with Crippen LogP contribution in [0.25, 0.3) is 0 Å². The highest BCUT2D eigenvalue weighted by Gasteiger charge is 2.14. The van der Waals surface area contributed by atoms with Crippen molar-refractivity contribution in [3.63, 3.8) is 0 Å². The molecule has 1 amide bonds. The number of carbonyl (C=O) groups excluding carboxylic acids is 1. The van der Waals surface area contributed by atoms with E-state index in [-0.39, 0.29) is 18.3 Å². The number of amides is 1. The van der Waals surface area contributed by atoms with Gasteiger partial charge in [-0.2, -0.15) is 0 Å². The van der Waals surface area contributed by atoms with Crippen LogP contribution in [-0.4, -0.2) is 12.5 Å². The molecular weight excluding hydrogens is 272 g/mol. The molecule has 3 nitrogen and oxygen atoms in total. The smallest absolute Gasteiger partial charge is 0.241 e. The van der Waals surface area contributed by atoms with Crippen LogP contribution in [0.2, 0.25) is 0 Å². The summed E-state index contributed by atoms with van der Waals surface area (Å²) in [6, 6.07) is 8.90. The van der Waals surface area contributed by atoms with E-state index in [9.17, 15) is 4.79 Å². The Kier molecular flexibility index (Phi) is 8.51. The van der Waals surface area contributed by atoms with Crippen molar-refractivity contribution in [3.8, 4) is 0 Å². The summed E-state index contributed by atoms with van der Waals surface area (Å²) in [5.74, 6) is -0.0954. The third kappa shape index (κ3) is 7.51. The molecular formula is C16H27ClN2O. The van der Waals surface area contributed by atoms with E-state index in [1.807, 2.05) is 30.3 Å². The molecule has 0 fully saturated rings. The monoisotopic (exact) mass is 298 g/mol. The van der Waals surface area contributed by atoms with Crippen molar-refractivity contribution in [2.45, 2.75) is 46.1 Å². The van der Waals surface area contributed by atoms with Gasteiger partial charge in [0.25, 0.3) is 0 Å². The van der Waals surface area contributed by atoms with Crippen molar-refractivity contribution in [1.82, 2.24) is 5.32 Å². The highest BCUT2D eigenvalue weighted by molar-refractivity contribution is 5.85. The van der Waals surface area contributed by atoms with E-state index < -0.39 is 6.04 Å². The zero-order valence-electron chi connectivity index (χ0n) is 12.7. The number of unbranched alkanes of at least 4 members (excludes halogenated alkanes) is 1. The molecule has 0 heterocycles. The molecule has 1 aromatic carbocycles. The van der Waals surface area contributed by atoms with Crippen LogP contribution in [0.3, 0.4) is 0 Å². The first-order valence-electron chi connectivity index (χ1n) is 6.98. The number of nitrogens with one attached hydrogen (secondary N) is 1. The molecule has 1 atom stereocenters. The summed E-state index contributed by atoms with van der Waals surface area (Å²) < 4.78 is 0. The molecule has 0 spiro atoms. The Morgan fingerprint density at radius 1 is 1.20 bits per heavy atom. The minimum absolute atomic E-state index is 0. The summed E-state index contributed by atoms with van der Waals surface area (Å²) >= 11 is 0. The summed E-state index contributed by atoms with van der Waals surface area (Å²) in [6.45, 7) is 7.40. The maximum absolute atomic E-state index is 11.9. The fourth-order valence-corrected chi connectivity index (χ4v) is 1.91. The van der Waals surface area contributed by atoms with Crippen LogP contribution in [0.5, 0.6) is 0 Å². The topological polar surface area (TPSA) is 55.1 Å². The van der Waals surface area contributed by atoms with E-state index in [0.717, 1.165) is 18.4 Å². The number of halogens is 1. The number of rotatable bonds is 6. The van der Waals surface area contributed by atoms with E-state index in [1.165, 1.54) is 6.42 Å². The Morgan fingerprint density at radius 2 is 1.80 bits per heavy atom. The van der Waals surface area contributed by atoms with Crippen LogP contribution in [0.4, 0.5) is 0 Å². The maximum atomic E-state index is 11.9. The summed E-state index contributed by atoms with van der Waals surface area (Å²) in [5.41, 5.74) is 7.13. The van der Waals surface area contributed by atoms with Crippen molar-refractivity contribution < 1.29 is 4.79 Å². The maximum Gasteiger partial charge on any atom is 0.241 e. The van der Waals surface area contributed by atoms with E-state index in [2.05, 4.69) is 26.1 Å². The van der Waals surface area contributed by atoms with Crippen LogP contribution >= 0.6 is 12.4 Å². The SMILES string of the molecule is CC(C)(C)CCCCNC(=O)C(N)c1ccccc1.Cl. The van der Waals surface area contributed by atoms with Gasteiger partial charge < -0.3 is 11.1 Å². The summed E-state index contributed by atoms with van der Waals surface area (Å²) in [5, 5.41) is 2.90. The molecule has 1 aromatic rings. The second-order valence-electron chi connectivity index (χ2n) is 6.20. The summed E-state index contributed by atoms with van der Waals surface area (Å²) in [7, 11) is 0. The fourth-order valence-electron chi connectivity index (χ4n) is 1.91. The van der Waals surface area contributed by atoms with Crippen molar-refractivity contribution in [2.75, 3.05) is 6.54 Å². The van der Waals surface area contributed by atoms with E-state index >= 15 is 0 Å². The van der Waals surface area contributed by atoms with Gasteiger partial charge in [-0.3, -0.25) is 4.79 Å². The molecule has 0 bridgehead atoms. The zero-order valence-corrected chi connectivity index (χ0v) is 13.5. The van der Waals surface area contributed by atoms with Crippen molar-refractivity contribution in [3.05, 3.63) is 35.9 Å². The normalized spacial score (nSPS) is 12.4. The van der Waals surface area contributed by atoms with Crippen LogP contribution in [0, 0.1) is 5.41 Å². The minimum Gasteiger partial charge on any atom is -0.354 e. The van der Waals surface area contributed by atoms with Gasteiger partial charge in [0.15, 0.2) is 0 Å². The molecule has 4 heteroatoms. The van der Waals surface area contributed by atoms with Gasteiger partial charge in [-0.05, 0) is 23.8 Å². The van der Waals surface area contributed by atoms with Gasteiger partial charge in [0.05, 0.1) is 0 Å². The molecule has 0 saturated heterocycles. The van der Waals surface area contributed by atoms with E-state index in [4.69, 9.17) is 5.73 Å². The van der Waals surface area contributed by atoms with Crippen LogP contribution in [0.15, 0.2) is 30.3 Å². The molecule has 3 N–H and O–H groups in total. The average Bonchev–Trinajstić information content (AvgIpc) is 2.37. The lowest BCUT2D eigenvalue weighted by atomic mass is 9.90. The van der Waals surface area contributed by atoms with Gasteiger partial charge in [0.2, 0.25) is 5.91 Å². The third-order valence-electron chi connectivity index (χ3n) is 3.09. The van der Waals surface area contributed by atoms with E-state index in [1.54, 1.807) is 0 Å². The average molecular weight is 299 g/mol. The molecule has 0 aliphatic carbocycles. The van der Waals surface area contributed by atoms with Gasteiger partial charge >= 0.3 is 0 Å². The van der Waals surface area contributed by atoms with Gasteiger partial charge in [-0.25, -0.2) is 0 Å². The number of benzene rings is 1. The largest absolute Gasteiger partial charge is 0.354 e. The van der Waals surface area contributed by atoms with Crippen molar-refractivity contribution in [2.24, 2.45) is 11.1 Å². The Labute approximate surface area is 128 Å². The first-order chi connectivity index (χ1) is 8.90. The van der Waals surface area contributed by atoms with Gasteiger partial charge in [-0.1, -0.05) is 57.5 Å². The van der Waals surface area contributed by atoms with Gasteiger partial charge in [0.1, 0.15) is 6.04 Å². The lowest BCUT2D eigenvalue weighted by Crippen LogP contribution is -2.34. The second-order valence-corrected chi connectivity index (χ2v) is 6.20. The second kappa shape index (κ2) is 8.98. The summed E-state index contributed by atoms with van der Waals surface area (Å²) in [6.07, 6.45) is 3.31. The first-order valence-corrected chi connectivity index (χ1v) is 6.98. The van der Waals surface area contributed by atoms with Crippen LogP contribution in [-0.2, 0) is 4.79 Å². The predicted molar refractivity (Wildman–Crippen MR) is 86.9 cm³/mol. The Balaban J connectivity index is 0.00000361. The number of hydrogen-bond donors (Lipinski definition) is 2. The van der Waals surface area contributed by atoms with Gasteiger partial charge in [-0.15, -0.1) is 12.4 Å². The Bertz CT molecular complexity index is 387.